The van der Waals surface area contributed by atoms with E-state index in [1.54, 1.807) is 18.2 Å². The van der Waals surface area contributed by atoms with Gasteiger partial charge in [-0.3, -0.25) is 9.52 Å². The lowest BCUT2D eigenvalue weighted by molar-refractivity contribution is -0.120. The minimum absolute atomic E-state index is 0.163. The third-order valence-corrected chi connectivity index (χ3v) is 6.53. The first-order chi connectivity index (χ1) is 13.2. The summed E-state index contributed by atoms with van der Waals surface area (Å²) in [6.45, 7) is -0.0960. The lowest BCUT2D eigenvalue weighted by Gasteiger charge is -2.26. The van der Waals surface area contributed by atoms with Crippen molar-refractivity contribution >= 4 is 67.2 Å². The third kappa shape index (κ3) is 4.73. The van der Waals surface area contributed by atoms with E-state index in [0.29, 0.717) is 12.8 Å². The van der Waals surface area contributed by atoms with E-state index >= 15 is 0 Å². The predicted molar refractivity (Wildman–Crippen MR) is 112 cm³/mol. The molecule has 1 aliphatic rings. The smallest absolute Gasteiger partial charge is 0.302 e. The van der Waals surface area contributed by atoms with Gasteiger partial charge in [-0.1, -0.05) is 11.6 Å². The van der Waals surface area contributed by atoms with Crippen LogP contribution >= 0.6 is 34.2 Å². The second kappa shape index (κ2) is 8.47. The molecule has 1 heterocycles. The molecule has 0 saturated carbocycles. The average molecular weight is 542 g/mol. The van der Waals surface area contributed by atoms with Crippen molar-refractivity contribution in [3.63, 3.8) is 0 Å². The Bertz CT molecular complexity index is 1040. The number of carbonyl (C=O) groups is 1. The van der Waals surface area contributed by atoms with Gasteiger partial charge >= 0.3 is 10.2 Å². The van der Waals surface area contributed by atoms with Crippen LogP contribution < -0.4 is 10.0 Å². The Balaban J connectivity index is 1.95. The molecule has 3 rings (SSSR count). The van der Waals surface area contributed by atoms with Crippen LogP contribution in [0.3, 0.4) is 0 Å². The first-order valence-corrected chi connectivity index (χ1v) is 11.1. The van der Waals surface area contributed by atoms with Crippen LogP contribution in [0.25, 0.3) is 0 Å². The molecule has 28 heavy (non-hydrogen) atoms. The van der Waals surface area contributed by atoms with Crippen LogP contribution in [-0.2, 0) is 15.0 Å². The monoisotopic (exact) mass is 541 g/mol. The average Bonchev–Trinajstić information content (AvgIpc) is 2.63. The summed E-state index contributed by atoms with van der Waals surface area (Å²) in [5, 5.41) is 2.90. The van der Waals surface area contributed by atoms with Crippen molar-refractivity contribution in [3.05, 3.63) is 50.6 Å². The van der Waals surface area contributed by atoms with Crippen LogP contribution in [-0.4, -0.2) is 31.6 Å². The Kier molecular flexibility index (Phi) is 6.42. The molecule has 2 aromatic rings. The Morgan fingerprint density at radius 1 is 1.14 bits per heavy atom. The van der Waals surface area contributed by atoms with Crippen molar-refractivity contribution < 1.29 is 22.0 Å². The molecule has 0 radical (unpaired) electrons. The minimum atomic E-state index is -4.13. The fourth-order valence-corrected chi connectivity index (χ4v) is 4.86. The van der Waals surface area contributed by atoms with E-state index in [4.69, 9.17) is 11.6 Å². The number of hydrogen-bond donors (Lipinski definition) is 2. The van der Waals surface area contributed by atoms with Crippen LogP contribution in [0.1, 0.15) is 12.8 Å². The van der Waals surface area contributed by atoms with E-state index in [2.05, 4.69) is 10.0 Å². The summed E-state index contributed by atoms with van der Waals surface area (Å²) in [4.78, 5) is 11.6. The number of anilines is 3. The van der Waals surface area contributed by atoms with Crippen LogP contribution in [0, 0.1) is 15.2 Å². The van der Waals surface area contributed by atoms with Gasteiger partial charge < -0.3 is 5.32 Å². The molecule has 1 fully saturated rings. The van der Waals surface area contributed by atoms with E-state index in [0.717, 1.165) is 20.0 Å². The van der Waals surface area contributed by atoms with E-state index in [-0.39, 0.29) is 35.3 Å². The molecule has 1 aliphatic heterocycles. The molecular formula is C17H15ClF2IN3O3S. The van der Waals surface area contributed by atoms with E-state index < -0.39 is 27.5 Å². The van der Waals surface area contributed by atoms with E-state index in [1.165, 1.54) is 0 Å². The van der Waals surface area contributed by atoms with Gasteiger partial charge in [0.05, 0.1) is 22.9 Å². The largest absolute Gasteiger partial charge is 0.350 e. The van der Waals surface area contributed by atoms with Crippen molar-refractivity contribution in [1.82, 2.24) is 4.31 Å². The summed E-state index contributed by atoms with van der Waals surface area (Å²) >= 11 is 8.17. The SMILES string of the molecule is O=C1CCCN(S(=O)(=O)Nc2ccc(F)c(F)c2Nc2ccc(I)cc2Cl)C1. The highest BCUT2D eigenvalue weighted by Crippen LogP contribution is 2.34. The fourth-order valence-electron chi connectivity index (χ4n) is 2.70. The highest BCUT2D eigenvalue weighted by atomic mass is 127. The summed E-state index contributed by atoms with van der Waals surface area (Å²) in [5.41, 5.74) is -0.332. The maximum atomic E-state index is 14.5. The molecule has 0 aromatic heterocycles. The number of halogens is 4. The molecule has 0 bridgehead atoms. The van der Waals surface area contributed by atoms with Crippen LogP contribution in [0.4, 0.5) is 25.8 Å². The zero-order valence-electron chi connectivity index (χ0n) is 14.3. The molecule has 0 aliphatic carbocycles. The van der Waals surface area contributed by atoms with Crippen LogP contribution in [0.5, 0.6) is 0 Å². The molecule has 0 unspecified atom stereocenters. The Labute approximate surface area is 179 Å². The predicted octanol–water partition coefficient (Wildman–Crippen LogP) is 4.29. The second-order valence-corrected chi connectivity index (χ2v) is 9.44. The molecule has 2 aromatic carbocycles. The highest BCUT2D eigenvalue weighted by Gasteiger charge is 2.29. The topological polar surface area (TPSA) is 78.5 Å². The maximum absolute atomic E-state index is 14.5. The van der Waals surface area contributed by atoms with Gasteiger partial charge in [-0.25, -0.2) is 8.78 Å². The van der Waals surface area contributed by atoms with Crippen molar-refractivity contribution in [1.29, 1.82) is 0 Å². The Morgan fingerprint density at radius 3 is 2.54 bits per heavy atom. The lowest BCUT2D eigenvalue weighted by atomic mass is 10.1. The van der Waals surface area contributed by atoms with Gasteiger partial charge in [-0.05, 0) is 59.3 Å². The standard InChI is InChI=1S/C17H15ClF2IN3O3S/c18-12-8-10(21)3-5-14(12)22-17-15(6-4-13(19)16(17)20)23-28(26,27)24-7-1-2-11(25)9-24/h3-6,8,22-23H,1-2,7,9H2. The first-order valence-electron chi connectivity index (χ1n) is 8.17. The van der Waals surface area contributed by atoms with Crippen molar-refractivity contribution in [2.24, 2.45) is 0 Å². The maximum Gasteiger partial charge on any atom is 0.302 e. The van der Waals surface area contributed by atoms with Gasteiger partial charge in [0.25, 0.3) is 0 Å². The molecule has 0 spiro atoms. The fraction of sp³-hybridized carbons (Fsp3) is 0.235. The van der Waals surface area contributed by atoms with Gasteiger partial charge in [0.1, 0.15) is 11.5 Å². The summed E-state index contributed by atoms with van der Waals surface area (Å²) in [6.07, 6.45) is 0.718. The summed E-state index contributed by atoms with van der Waals surface area (Å²) in [6, 6.07) is 6.80. The van der Waals surface area contributed by atoms with Crippen LogP contribution in [0.15, 0.2) is 30.3 Å². The number of benzene rings is 2. The number of Topliss-reactive ketones (excluding diaryl/α,β-unsaturated/α-hetero) is 1. The van der Waals surface area contributed by atoms with Gasteiger partial charge in [0, 0.05) is 16.5 Å². The zero-order chi connectivity index (χ0) is 20.5. The number of hydrogen-bond acceptors (Lipinski definition) is 4. The van der Waals surface area contributed by atoms with Gasteiger partial charge in [-0.2, -0.15) is 12.7 Å². The molecule has 150 valence electrons. The van der Waals surface area contributed by atoms with E-state index in [9.17, 15) is 22.0 Å². The molecule has 2 N–H and O–H groups in total. The van der Waals surface area contributed by atoms with Crippen LogP contribution in [0.2, 0.25) is 5.02 Å². The third-order valence-electron chi connectivity index (χ3n) is 4.08. The molecule has 0 atom stereocenters. The number of rotatable bonds is 5. The molecule has 1 saturated heterocycles. The summed E-state index contributed by atoms with van der Waals surface area (Å²) < 4.78 is 57.5. The van der Waals surface area contributed by atoms with Crippen molar-refractivity contribution in [2.45, 2.75) is 12.8 Å². The molecule has 6 nitrogen and oxygen atoms in total. The second-order valence-electron chi connectivity index (χ2n) is 6.12. The Morgan fingerprint density at radius 2 is 1.86 bits per heavy atom. The quantitative estimate of drug-likeness (QED) is 0.554. The van der Waals surface area contributed by atoms with Crippen molar-refractivity contribution in [3.8, 4) is 0 Å². The number of carbonyl (C=O) groups excluding carboxylic acids is 1. The van der Waals surface area contributed by atoms with Gasteiger partial charge in [-0.15, -0.1) is 0 Å². The molecular weight excluding hydrogens is 527 g/mol. The summed E-state index contributed by atoms with van der Waals surface area (Å²) in [7, 11) is -4.13. The minimum Gasteiger partial charge on any atom is -0.350 e. The van der Waals surface area contributed by atoms with Gasteiger partial charge in [0.2, 0.25) is 0 Å². The number of nitrogens with zero attached hydrogens (tertiary/aromatic N) is 1. The first kappa shape index (κ1) is 21.2. The molecule has 11 heteroatoms. The van der Waals surface area contributed by atoms with E-state index in [1.807, 2.05) is 22.6 Å². The van der Waals surface area contributed by atoms with Gasteiger partial charge in [0.15, 0.2) is 11.6 Å². The highest BCUT2D eigenvalue weighted by molar-refractivity contribution is 14.1. The van der Waals surface area contributed by atoms with Crippen molar-refractivity contribution in [2.75, 3.05) is 23.1 Å². The number of piperidine rings is 1. The normalized spacial score (nSPS) is 15.5. The molecule has 0 amide bonds. The Hall–Kier alpha value is -1.50. The lowest BCUT2D eigenvalue weighted by Crippen LogP contribution is -2.43. The number of ketones is 1. The zero-order valence-corrected chi connectivity index (χ0v) is 18.0. The summed E-state index contributed by atoms with van der Waals surface area (Å²) in [5.74, 6) is -2.62. The number of nitrogens with one attached hydrogen (secondary N) is 2.